The van der Waals surface area contributed by atoms with E-state index >= 15 is 0 Å². The number of thiophene rings is 1. The van der Waals surface area contributed by atoms with E-state index in [1.54, 1.807) is 30.3 Å². The molecule has 0 saturated carbocycles. The summed E-state index contributed by atoms with van der Waals surface area (Å²) in [6.07, 6.45) is 0.517. The third-order valence-electron chi connectivity index (χ3n) is 4.53. The minimum Gasteiger partial charge on any atom is -0.366 e. The highest BCUT2D eigenvalue weighted by Gasteiger charge is 2.19. The molecule has 0 bridgehead atoms. The van der Waals surface area contributed by atoms with Crippen molar-refractivity contribution in [1.29, 1.82) is 0 Å². The van der Waals surface area contributed by atoms with Crippen LogP contribution in [-0.2, 0) is 6.42 Å². The number of amides is 2. The van der Waals surface area contributed by atoms with Gasteiger partial charge >= 0.3 is 0 Å². The predicted molar refractivity (Wildman–Crippen MR) is 116 cm³/mol. The average Bonchev–Trinajstić information content (AvgIpc) is 3.44. The monoisotopic (exact) mass is 435 g/mol. The second-order valence-corrected chi connectivity index (χ2v) is 7.64. The van der Waals surface area contributed by atoms with Gasteiger partial charge < -0.3 is 11.1 Å². The first kappa shape index (κ1) is 20.4. The number of carbonyl (C=O) groups excluding carboxylic acids is 2. The van der Waals surface area contributed by atoms with Crippen molar-refractivity contribution in [3.8, 4) is 16.4 Å². The van der Waals surface area contributed by atoms with E-state index in [0.29, 0.717) is 30.0 Å². The van der Waals surface area contributed by atoms with Crippen molar-refractivity contribution in [2.24, 2.45) is 5.73 Å². The first-order valence-corrected chi connectivity index (χ1v) is 10.3. The van der Waals surface area contributed by atoms with E-state index in [4.69, 9.17) is 5.73 Å². The molecule has 0 radical (unpaired) electrons. The summed E-state index contributed by atoms with van der Waals surface area (Å²) in [5, 5.41) is 9.04. The molecule has 0 aliphatic carbocycles. The lowest BCUT2D eigenvalue weighted by Crippen LogP contribution is -2.27. The van der Waals surface area contributed by atoms with E-state index in [1.807, 2.05) is 23.6 Å². The molecule has 0 spiro atoms. The lowest BCUT2D eigenvalue weighted by molar-refractivity contribution is 0.0942. The van der Waals surface area contributed by atoms with E-state index in [1.165, 1.54) is 28.2 Å². The van der Waals surface area contributed by atoms with Crippen LogP contribution in [0.15, 0.2) is 66.0 Å². The van der Waals surface area contributed by atoms with Gasteiger partial charge in [0.15, 0.2) is 5.82 Å². The SMILES string of the molecule is NC(=O)c1cccc(CCNC(=O)c2nc(-c3cccs3)n(-c3ccc(F)cc3)n2)c1. The highest BCUT2D eigenvalue weighted by molar-refractivity contribution is 7.13. The van der Waals surface area contributed by atoms with E-state index in [-0.39, 0.29) is 11.6 Å². The molecule has 31 heavy (non-hydrogen) atoms. The minimum atomic E-state index is -0.498. The molecule has 4 aromatic rings. The Morgan fingerprint density at radius 1 is 1.10 bits per heavy atom. The van der Waals surface area contributed by atoms with Crippen molar-refractivity contribution in [2.45, 2.75) is 6.42 Å². The van der Waals surface area contributed by atoms with Crippen LogP contribution in [-0.4, -0.2) is 33.1 Å². The number of rotatable bonds is 7. The normalized spacial score (nSPS) is 10.7. The fourth-order valence-electron chi connectivity index (χ4n) is 3.02. The molecule has 7 nitrogen and oxygen atoms in total. The van der Waals surface area contributed by atoms with Crippen molar-refractivity contribution in [3.63, 3.8) is 0 Å². The van der Waals surface area contributed by atoms with Crippen molar-refractivity contribution >= 4 is 23.2 Å². The van der Waals surface area contributed by atoms with Gasteiger partial charge in [0.05, 0.1) is 10.6 Å². The molecule has 0 aliphatic rings. The van der Waals surface area contributed by atoms with Gasteiger partial charge in [-0.3, -0.25) is 9.59 Å². The molecule has 2 aromatic heterocycles. The zero-order chi connectivity index (χ0) is 21.8. The maximum absolute atomic E-state index is 13.3. The summed E-state index contributed by atoms with van der Waals surface area (Å²) in [6.45, 7) is 0.334. The Hall–Kier alpha value is -3.85. The minimum absolute atomic E-state index is 0.0126. The molecule has 2 aromatic carbocycles. The van der Waals surface area contributed by atoms with Crippen LogP contribution in [0.25, 0.3) is 16.4 Å². The summed E-state index contributed by atoms with van der Waals surface area (Å²) >= 11 is 1.46. The third-order valence-corrected chi connectivity index (χ3v) is 5.40. The van der Waals surface area contributed by atoms with Gasteiger partial charge in [0.25, 0.3) is 5.91 Å². The summed E-state index contributed by atoms with van der Waals surface area (Å²) in [4.78, 5) is 29.2. The number of nitrogens with two attached hydrogens (primary N) is 1. The summed E-state index contributed by atoms with van der Waals surface area (Å²) in [5.74, 6) is -0.772. The molecule has 0 fully saturated rings. The Labute approximate surface area is 181 Å². The van der Waals surface area contributed by atoms with Crippen LogP contribution in [0.5, 0.6) is 0 Å². The van der Waals surface area contributed by atoms with Gasteiger partial charge in [0.1, 0.15) is 5.82 Å². The standard InChI is InChI=1S/C22H18FN5O2S/c23-16-6-8-17(9-7-16)28-21(18-5-2-12-31-18)26-20(27-28)22(30)25-11-10-14-3-1-4-15(13-14)19(24)29/h1-9,12-13H,10-11H2,(H2,24,29)(H,25,30). The van der Waals surface area contributed by atoms with Gasteiger partial charge in [0, 0.05) is 12.1 Å². The number of benzene rings is 2. The molecule has 0 aliphatic heterocycles. The molecule has 3 N–H and O–H groups in total. The number of aromatic nitrogens is 3. The second-order valence-electron chi connectivity index (χ2n) is 6.70. The molecule has 9 heteroatoms. The van der Waals surface area contributed by atoms with Crippen LogP contribution in [0, 0.1) is 5.82 Å². The fraction of sp³-hybridized carbons (Fsp3) is 0.0909. The molecule has 0 unspecified atom stereocenters. The molecule has 2 heterocycles. The van der Waals surface area contributed by atoms with Crippen molar-refractivity contribution in [1.82, 2.24) is 20.1 Å². The first-order chi connectivity index (χ1) is 15.0. The molecule has 0 saturated heterocycles. The molecule has 2 amide bonds. The summed E-state index contributed by atoms with van der Waals surface area (Å²) < 4.78 is 14.8. The van der Waals surface area contributed by atoms with Gasteiger partial charge in [-0.1, -0.05) is 18.2 Å². The predicted octanol–water partition coefficient (Wildman–Crippen LogP) is 3.21. The number of nitrogens with zero attached hydrogens (tertiary/aromatic N) is 3. The maximum atomic E-state index is 13.3. The molecular weight excluding hydrogens is 417 g/mol. The van der Waals surface area contributed by atoms with Gasteiger partial charge in [-0.25, -0.2) is 14.1 Å². The molecular formula is C22H18FN5O2S. The summed E-state index contributed by atoms with van der Waals surface area (Å²) in [7, 11) is 0. The Bertz CT molecular complexity index is 1220. The number of nitrogens with one attached hydrogen (secondary N) is 1. The van der Waals surface area contributed by atoms with Crippen molar-refractivity contribution in [3.05, 3.63) is 88.8 Å². The van der Waals surface area contributed by atoms with E-state index in [9.17, 15) is 14.0 Å². The van der Waals surface area contributed by atoms with Crippen LogP contribution in [0.4, 0.5) is 4.39 Å². The van der Waals surface area contributed by atoms with Gasteiger partial charge in [-0.05, 0) is 59.8 Å². The van der Waals surface area contributed by atoms with E-state index in [0.717, 1.165) is 10.4 Å². The van der Waals surface area contributed by atoms with Crippen LogP contribution in [0.2, 0.25) is 0 Å². The number of carbonyl (C=O) groups is 2. The largest absolute Gasteiger partial charge is 0.366 e. The fourth-order valence-corrected chi connectivity index (χ4v) is 3.71. The summed E-state index contributed by atoms with van der Waals surface area (Å²) in [5.41, 5.74) is 7.19. The van der Waals surface area contributed by atoms with E-state index in [2.05, 4.69) is 15.4 Å². The molecule has 156 valence electrons. The van der Waals surface area contributed by atoms with Gasteiger partial charge in [-0.2, -0.15) is 0 Å². The van der Waals surface area contributed by atoms with Crippen LogP contribution in [0.1, 0.15) is 26.5 Å². The van der Waals surface area contributed by atoms with Crippen LogP contribution >= 0.6 is 11.3 Å². The smallest absolute Gasteiger partial charge is 0.291 e. The molecule has 4 rings (SSSR count). The van der Waals surface area contributed by atoms with Crippen molar-refractivity contribution in [2.75, 3.05) is 6.54 Å². The lowest BCUT2D eigenvalue weighted by Gasteiger charge is -2.05. The molecule has 0 atom stereocenters. The second kappa shape index (κ2) is 8.88. The zero-order valence-electron chi connectivity index (χ0n) is 16.3. The average molecular weight is 435 g/mol. The Morgan fingerprint density at radius 3 is 2.61 bits per heavy atom. The summed E-state index contributed by atoms with van der Waals surface area (Å²) in [6, 6.07) is 16.5. The number of primary amides is 1. The van der Waals surface area contributed by atoms with E-state index < -0.39 is 11.8 Å². The van der Waals surface area contributed by atoms with Gasteiger partial charge in [-0.15, -0.1) is 16.4 Å². The lowest BCUT2D eigenvalue weighted by atomic mass is 10.1. The van der Waals surface area contributed by atoms with Crippen LogP contribution in [0.3, 0.4) is 0 Å². The Morgan fingerprint density at radius 2 is 1.90 bits per heavy atom. The number of hydrogen-bond acceptors (Lipinski definition) is 5. The Kier molecular flexibility index (Phi) is 5.85. The maximum Gasteiger partial charge on any atom is 0.291 e. The number of halogens is 1. The van der Waals surface area contributed by atoms with Crippen LogP contribution < -0.4 is 11.1 Å². The van der Waals surface area contributed by atoms with Crippen molar-refractivity contribution < 1.29 is 14.0 Å². The first-order valence-electron chi connectivity index (χ1n) is 9.45. The highest BCUT2D eigenvalue weighted by atomic mass is 32.1. The van der Waals surface area contributed by atoms with Gasteiger partial charge in [0.2, 0.25) is 11.7 Å². The third kappa shape index (κ3) is 4.67. The topological polar surface area (TPSA) is 103 Å². The zero-order valence-corrected chi connectivity index (χ0v) is 17.1. The number of hydrogen-bond donors (Lipinski definition) is 2. The Balaban J connectivity index is 1.52. The highest BCUT2D eigenvalue weighted by Crippen LogP contribution is 2.25. The quantitative estimate of drug-likeness (QED) is 0.465.